The van der Waals surface area contributed by atoms with Crippen molar-refractivity contribution in [2.24, 2.45) is 13.0 Å². The van der Waals surface area contributed by atoms with Crippen LogP contribution < -0.4 is 4.90 Å². The van der Waals surface area contributed by atoms with Gasteiger partial charge in [0.05, 0.1) is 11.2 Å². The van der Waals surface area contributed by atoms with Gasteiger partial charge in [-0.15, -0.1) is 0 Å². The van der Waals surface area contributed by atoms with Crippen molar-refractivity contribution in [1.29, 1.82) is 0 Å². The molecule has 112 valence electrons. The molecule has 3 heterocycles. The molecule has 0 spiro atoms. The molecule has 0 aromatic carbocycles. The van der Waals surface area contributed by atoms with Crippen molar-refractivity contribution in [3.8, 4) is 0 Å². The first kappa shape index (κ1) is 14.3. The third-order valence-corrected chi connectivity index (χ3v) is 4.12. The normalized spacial score (nSPS) is 22.0. The van der Waals surface area contributed by atoms with Crippen LogP contribution in [0.1, 0.15) is 11.5 Å². The van der Waals surface area contributed by atoms with E-state index in [1.165, 1.54) is 12.3 Å². The maximum Gasteiger partial charge on any atom is 0.167 e. The third-order valence-electron chi connectivity index (χ3n) is 3.92. The second kappa shape index (κ2) is 5.61. The maximum atomic E-state index is 14.0. The molecule has 0 saturated carbocycles. The number of hydrogen-bond acceptors (Lipinski definition) is 4. The summed E-state index contributed by atoms with van der Waals surface area (Å²) in [4.78, 5) is 5.93. The molecule has 2 aromatic rings. The van der Waals surface area contributed by atoms with E-state index in [4.69, 9.17) is 11.6 Å². The first-order chi connectivity index (χ1) is 10.1. The van der Waals surface area contributed by atoms with E-state index in [1.54, 1.807) is 10.9 Å². The van der Waals surface area contributed by atoms with E-state index in [-0.39, 0.29) is 29.3 Å². The fourth-order valence-corrected chi connectivity index (χ4v) is 3.02. The number of aromatic nitrogens is 3. The highest BCUT2D eigenvalue weighted by atomic mass is 35.5. The predicted molar refractivity (Wildman–Crippen MR) is 77.9 cm³/mol. The number of aryl methyl sites for hydroxylation is 1. The lowest BCUT2D eigenvalue weighted by molar-refractivity contribution is 0.227. The molecule has 1 fully saturated rings. The van der Waals surface area contributed by atoms with Gasteiger partial charge in [0.15, 0.2) is 11.6 Å². The van der Waals surface area contributed by atoms with Gasteiger partial charge in [0.2, 0.25) is 0 Å². The zero-order valence-corrected chi connectivity index (χ0v) is 12.3. The van der Waals surface area contributed by atoms with E-state index < -0.39 is 5.82 Å². The lowest BCUT2D eigenvalue weighted by Crippen LogP contribution is -2.22. The van der Waals surface area contributed by atoms with Gasteiger partial charge < -0.3 is 10.0 Å². The highest BCUT2D eigenvalue weighted by Gasteiger charge is 2.35. The molecular formula is C14H16ClFN4O. The summed E-state index contributed by atoms with van der Waals surface area (Å²) in [5.41, 5.74) is 1.05. The van der Waals surface area contributed by atoms with Crippen LogP contribution in [-0.2, 0) is 7.05 Å². The molecule has 5 nitrogen and oxygen atoms in total. The van der Waals surface area contributed by atoms with E-state index in [1.807, 2.05) is 18.1 Å². The number of aliphatic hydroxyl groups excluding tert-OH is 1. The summed E-state index contributed by atoms with van der Waals surface area (Å²) in [6.07, 6.45) is 5.16. The van der Waals surface area contributed by atoms with Crippen LogP contribution in [0.15, 0.2) is 24.7 Å². The zero-order valence-electron chi connectivity index (χ0n) is 11.6. The summed E-state index contributed by atoms with van der Waals surface area (Å²) >= 11 is 5.73. The second-order valence-electron chi connectivity index (χ2n) is 5.36. The Balaban J connectivity index is 1.86. The van der Waals surface area contributed by atoms with Crippen molar-refractivity contribution in [1.82, 2.24) is 14.8 Å². The molecule has 3 rings (SSSR count). The molecule has 1 aliphatic rings. The van der Waals surface area contributed by atoms with Crippen LogP contribution in [0.4, 0.5) is 10.2 Å². The lowest BCUT2D eigenvalue weighted by atomic mass is 9.92. The van der Waals surface area contributed by atoms with Gasteiger partial charge >= 0.3 is 0 Å². The van der Waals surface area contributed by atoms with Gasteiger partial charge in [0.25, 0.3) is 0 Å². The molecule has 7 heteroatoms. The molecule has 21 heavy (non-hydrogen) atoms. The molecular weight excluding hydrogens is 295 g/mol. The van der Waals surface area contributed by atoms with Crippen molar-refractivity contribution in [2.45, 2.75) is 5.92 Å². The Morgan fingerprint density at radius 2 is 2.24 bits per heavy atom. The zero-order chi connectivity index (χ0) is 15.0. The Bertz CT molecular complexity index is 648. The minimum absolute atomic E-state index is 0.0334. The summed E-state index contributed by atoms with van der Waals surface area (Å²) in [6.45, 7) is 1.20. The fourth-order valence-electron chi connectivity index (χ4n) is 2.88. The minimum atomic E-state index is -0.439. The van der Waals surface area contributed by atoms with Gasteiger partial charge in [-0.3, -0.25) is 4.68 Å². The Morgan fingerprint density at radius 3 is 2.86 bits per heavy atom. The molecule has 0 unspecified atom stereocenters. The van der Waals surface area contributed by atoms with Gasteiger partial charge in [0.1, 0.15) is 0 Å². The largest absolute Gasteiger partial charge is 0.396 e. The summed E-state index contributed by atoms with van der Waals surface area (Å²) in [6, 6.07) is 1.26. The van der Waals surface area contributed by atoms with Gasteiger partial charge in [-0.05, 0) is 11.6 Å². The van der Waals surface area contributed by atoms with E-state index in [9.17, 15) is 9.50 Å². The van der Waals surface area contributed by atoms with Crippen LogP contribution in [0.25, 0.3) is 0 Å². The van der Waals surface area contributed by atoms with E-state index in [2.05, 4.69) is 10.1 Å². The number of hydrogen-bond donors (Lipinski definition) is 1. The Hall–Kier alpha value is -1.66. The topological polar surface area (TPSA) is 54.2 Å². The first-order valence-electron chi connectivity index (χ1n) is 6.74. The Kier molecular flexibility index (Phi) is 3.82. The molecule has 2 atom stereocenters. The highest BCUT2D eigenvalue weighted by molar-refractivity contribution is 6.30. The van der Waals surface area contributed by atoms with Crippen LogP contribution in [0.2, 0.25) is 5.02 Å². The number of aliphatic hydroxyl groups is 1. The summed E-state index contributed by atoms with van der Waals surface area (Å²) in [5, 5.41) is 14.0. The van der Waals surface area contributed by atoms with E-state index >= 15 is 0 Å². The van der Waals surface area contributed by atoms with Gasteiger partial charge in [0, 0.05) is 51.0 Å². The Labute approximate surface area is 127 Å². The van der Waals surface area contributed by atoms with E-state index in [0.717, 1.165) is 5.56 Å². The molecule has 1 N–H and O–H groups in total. The number of halogens is 2. The summed E-state index contributed by atoms with van der Waals surface area (Å²) in [5.74, 6) is -0.0121. The number of pyridine rings is 1. The Morgan fingerprint density at radius 1 is 1.43 bits per heavy atom. The number of rotatable bonds is 3. The summed E-state index contributed by atoms with van der Waals surface area (Å²) in [7, 11) is 1.85. The standard InChI is InChI=1S/C14H16ClFN4O/c1-19-5-9(3-18-19)12-7-20(6-10(12)8-21)14-13(16)2-11(15)4-17-14/h2-5,10,12,21H,6-8H2,1H3/t10-,12-/m0/s1. The van der Waals surface area contributed by atoms with Crippen molar-refractivity contribution < 1.29 is 9.50 Å². The minimum Gasteiger partial charge on any atom is -0.396 e. The van der Waals surface area contributed by atoms with Crippen LogP contribution in [0.3, 0.4) is 0 Å². The molecule has 2 aromatic heterocycles. The predicted octanol–water partition coefficient (Wildman–Crippen LogP) is 1.82. The number of anilines is 1. The van der Waals surface area contributed by atoms with Crippen LogP contribution in [0.5, 0.6) is 0 Å². The fraction of sp³-hybridized carbons (Fsp3) is 0.429. The average Bonchev–Trinajstić information content (AvgIpc) is 3.04. The highest BCUT2D eigenvalue weighted by Crippen LogP contribution is 2.35. The van der Waals surface area contributed by atoms with Crippen molar-refractivity contribution in [3.05, 3.63) is 41.1 Å². The summed E-state index contributed by atoms with van der Waals surface area (Å²) < 4.78 is 15.7. The quantitative estimate of drug-likeness (QED) is 0.939. The third kappa shape index (κ3) is 2.73. The van der Waals surface area contributed by atoms with E-state index in [0.29, 0.717) is 13.1 Å². The monoisotopic (exact) mass is 310 g/mol. The van der Waals surface area contributed by atoms with Crippen molar-refractivity contribution >= 4 is 17.4 Å². The first-order valence-corrected chi connectivity index (χ1v) is 7.11. The molecule has 0 amide bonds. The average molecular weight is 311 g/mol. The van der Waals surface area contributed by atoms with Gasteiger partial charge in [-0.1, -0.05) is 11.6 Å². The molecule has 0 bridgehead atoms. The maximum absolute atomic E-state index is 14.0. The van der Waals surface area contributed by atoms with Crippen LogP contribution >= 0.6 is 11.6 Å². The van der Waals surface area contributed by atoms with Crippen LogP contribution in [0, 0.1) is 11.7 Å². The van der Waals surface area contributed by atoms with Crippen molar-refractivity contribution in [2.75, 3.05) is 24.6 Å². The molecule has 1 aliphatic heterocycles. The van der Waals surface area contributed by atoms with Crippen molar-refractivity contribution in [3.63, 3.8) is 0 Å². The SMILES string of the molecule is Cn1cc([C@@H]2CN(c3ncc(Cl)cc3F)C[C@H]2CO)cn1. The molecule has 0 aliphatic carbocycles. The second-order valence-corrected chi connectivity index (χ2v) is 5.80. The lowest BCUT2D eigenvalue weighted by Gasteiger charge is -2.17. The van der Waals surface area contributed by atoms with Gasteiger partial charge in [-0.2, -0.15) is 5.10 Å². The number of nitrogens with zero attached hydrogens (tertiary/aromatic N) is 4. The van der Waals surface area contributed by atoms with Gasteiger partial charge in [-0.25, -0.2) is 9.37 Å². The smallest absolute Gasteiger partial charge is 0.167 e. The van der Waals surface area contributed by atoms with Crippen LogP contribution in [-0.4, -0.2) is 39.6 Å². The molecule has 1 saturated heterocycles. The molecule has 0 radical (unpaired) electrons.